The van der Waals surface area contributed by atoms with Gasteiger partial charge in [-0.3, -0.25) is 0 Å². The minimum Gasteiger partial charge on any atom is -0.423 e. The molecule has 39 heavy (non-hydrogen) atoms. The number of benzene rings is 3. The predicted octanol–water partition coefficient (Wildman–Crippen LogP) is 5.38. The molecular formula is C29H25N3O5S2. The summed E-state index contributed by atoms with van der Waals surface area (Å²) in [5.41, 5.74) is 2.27. The first-order valence-electron chi connectivity index (χ1n) is 12.3. The number of morpholine rings is 1. The summed E-state index contributed by atoms with van der Waals surface area (Å²) >= 11 is 1.45. The van der Waals surface area contributed by atoms with E-state index in [0.717, 1.165) is 15.8 Å². The van der Waals surface area contributed by atoms with Gasteiger partial charge in [0, 0.05) is 13.1 Å². The minimum absolute atomic E-state index is 0.109. The molecule has 0 N–H and O–H groups in total. The number of nitrogens with zero attached hydrogens (tertiary/aromatic N) is 3. The van der Waals surface area contributed by atoms with Crippen molar-refractivity contribution < 1.29 is 22.7 Å². The molecule has 0 unspecified atom stereocenters. The van der Waals surface area contributed by atoms with Gasteiger partial charge in [0.2, 0.25) is 10.0 Å². The highest BCUT2D eigenvalue weighted by molar-refractivity contribution is 7.89. The summed E-state index contributed by atoms with van der Waals surface area (Å²) in [6.07, 6.45) is 1.34. The molecule has 1 aliphatic heterocycles. The summed E-state index contributed by atoms with van der Waals surface area (Å²) in [5.74, 6) is -0.285. The number of rotatable bonds is 6. The summed E-state index contributed by atoms with van der Waals surface area (Å²) < 4.78 is 39.6. The molecule has 1 saturated heterocycles. The van der Waals surface area contributed by atoms with Crippen molar-refractivity contribution in [3.63, 3.8) is 0 Å². The van der Waals surface area contributed by atoms with Gasteiger partial charge in [0.15, 0.2) is 0 Å². The molecular weight excluding hydrogens is 534 g/mol. The molecule has 0 aliphatic carbocycles. The molecule has 1 aromatic heterocycles. The van der Waals surface area contributed by atoms with E-state index in [2.05, 4.69) is 11.1 Å². The van der Waals surface area contributed by atoms with E-state index in [1.54, 1.807) is 30.3 Å². The second kappa shape index (κ2) is 11.1. The van der Waals surface area contributed by atoms with Crippen LogP contribution in [0.15, 0.2) is 77.7 Å². The number of fused-ring (bicyclic) bond motifs is 1. The summed E-state index contributed by atoms with van der Waals surface area (Å²) in [4.78, 5) is 17.3. The lowest BCUT2D eigenvalue weighted by atomic mass is 10.1. The lowest BCUT2D eigenvalue weighted by Gasteiger charge is -2.34. The van der Waals surface area contributed by atoms with Crippen LogP contribution in [-0.4, -0.2) is 49.0 Å². The predicted molar refractivity (Wildman–Crippen MR) is 150 cm³/mol. The number of nitriles is 1. The third kappa shape index (κ3) is 5.92. The Morgan fingerprint density at radius 1 is 1.05 bits per heavy atom. The van der Waals surface area contributed by atoms with Gasteiger partial charge < -0.3 is 9.47 Å². The average molecular weight is 560 g/mol. The Morgan fingerprint density at radius 2 is 1.72 bits per heavy atom. The van der Waals surface area contributed by atoms with Gasteiger partial charge >= 0.3 is 5.97 Å². The second-order valence-corrected chi connectivity index (χ2v) is 12.2. The maximum absolute atomic E-state index is 13.0. The lowest BCUT2D eigenvalue weighted by molar-refractivity contribution is -0.0440. The molecule has 8 nitrogen and oxygen atoms in total. The quantitative estimate of drug-likeness (QED) is 0.177. The van der Waals surface area contributed by atoms with Crippen molar-refractivity contribution >= 4 is 49.2 Å². The SMILES string of the molecule is C[C@@H]1CN(S(=O)(=O)c2ccc(C(=O)Oc3ccc(/C=C(\C#N)c4nc5ccccc5s4)cc3)cc2)C[C@H](C)O1. The van der Waals surface area contributed by atoms with Crippen LogP contribution in [0.25, 0.3) is 21.9 Å². The minimum atomic E-state index is -3.71. The topological polar surface area (TPSA) is 110 Å². The first-order valence-corrected chi connectivity index (χ1v) is 14.5. The van der Waals surface area contributed by atoms with Crippen LogP contribution in [0.2, 0.25) is 0 Å². The van der Waals surface area contributed by atoms with Crippen LogP contribution in [-0.2, 0) is 14.8 Å². The summed E-state index contributed by atoms with van der Waals surface area (Å²) in [6, 6.07) is 22.4. The standard InChI is InChI=1S/C29H25N3O5S2/c1-19-17-32(18-20(2)36-19)39(34,35)25-13-9-22(10-14-25)29(33)37-24-11-7-21(8-12-24)15-23(16-30)28-31-26-5-3-4-6-27(26)38-28/h3-15,19-20H,17-18H2,1-2H3/b23-15+/t19-,20+. The number of hydrogen-bond acceptors (Lipinski definition) is 8. The molecule has 1 fully saturated rings. The van der Waals surface area contributed by atoms with E-state index < -0.39 is 16.0 Å². The summed E-state index contributed by atoms with van der Waals surface area (Å²) in [6.45, 7) is 4.23. The van der Waals surface area contributed by atoms with Crippen LogP contribution in [0.1, 0.15) is 34.8 Å². The summed E-state index contributed by atoms with van der Waals surface area (Å²) in [5, 5.41) is 10.3. The highest BCUT2D eigenvalue weighted by atomic mass is 32.2. The Morgan fingerprint density at radius 3 is 2.36 bits per heavy atom. The van der Waals surface area contributed by atoms with Gasteiger partial charge in [-0.2, -0.15) is 9.57 Å². The first-order chi connectivity index (χ1) is 18.7. The van der Waals surface area contributed by atoms with Crippen molar-refractivity contribution in [1.29, 1.82) is 5.26 Å². The van der Waals surface area contributed by atoms with Crippen LogP contribution >= 0.6 is 11.3 Å². The molecule has 2 atom stereocenters. The monoisotopic (exact) mass is 559 g/mol. The van der Waals surface area contributed by atoms with Crippen molar-refractivity contribution in [1.82, 2.24) is 9.29 Å². The Bertz CT molecular complexity index is 1640. The largest absolute Gasteiger partial charge is 0.423 e. The highest BCUT2D eigenvalue weighted by Gasteiger charge is 2.32. The van der Waals surface area contributed by atoms with Crippen LogP contribution in [0, 0.1) is 11.3 Å². The fourth-order valence-corrected chi connectivity index (χ4v) is 6.86. The third-order valence-electron chi connectivity index (χ3n) is 6.16. The van der Waals surface area contributed by atoms with Gasteiger partial charge in [0.25, 0.3) is 0 Å². The van der Waals surface area contributed by atoms with Gasteiger partial charge in [-0.25, -0.2) is 18.2 Å². The smallest absolute Gasteiger partial charge is 0.343 e. The molecule has 5 rings (SSSR count). The number of aromatic nitrogens is 1. The first kappa shape index (κ1) is 26.7. The zero-order valence-corrected chi connectivity index (χ0v) is 22.9. The molecule has 1 aliphatic rings. The van der Waals surface area contributed by atoms with E-state index in [4.69, 9.17) is 9.47 Å². The number of ether oxygens (including phenoxy) is 2. The van der Waals surface area contributed by atoms with E-state index >= 15 is 0 Å². The molecule has 10 heteroatoms. The fraction of sp³-hybridized carbons (Fsp3) is 0.207. The van der Waals surface area contributed by atoms with Crippen LogP contribution in [0.4, 0.5) is 0 Å². The van der Waals surface area contributed by atoms with Crippen LogP contribution in [0.3, 0.4) is 0 Å². The Balaban J connectivity index is 1.26. The molecule has 0 bridgehead atoms. The van der Waals surface area contributed by atoms with Gasteiger partial charge in [-0.1, -0.05) is 24.3 Å². The zero-order valence-electron chi connectivity index (χ0n) is 21.3. The van der Waals surface area contributed by atoms with Crippen LogP contribution < -0.4 is 4.74 Å². The van der Waals surface area contributed by atoms with E-state index in [9.17, 15) is 18.5 Å². The molecule has 2 heterocycles. The van der Waals surface area contributed by atoms with Gasteiger partial charge in [0.05, 0.1) is 38.5 Å². The molecule has 0 radical (unpaired) electrons. The number of thiazole rings is 1. The fourth-order valence-electron chi connectivity index (χ4n) is 4.33. The van der Waals surface area contributed by atoms with E-state index in [0.29, 0.717) is 16.3 Å². The van der Waals surface area contributed by atoms with Crippen molar-refractivity contribution in [2.24, 2.45) is 0 Å². The maximum Gasteiger partial charge on any atom is 0.343 e. The zero-order chi connectivity index (χ0) is 27.6. The lowest BCUT2D eigenvalue weighted by Crippen LogP contribution is -2.48. The second-order valence-electron chi connectivity index (χ2n) is 9.22. The summed E-state index contributed by atoms with van der Waals surface area (Å²) in [7, 11) is -3.71. The van der Waals surface area contributed by atoms with Gasteiger partial charge in [-0.15, -0.1) is 11.3 Å². The number of para-hydroxylation sites is 1. The Labute approximate surface area is 230 Å². The van der Waals surface area contributed by atoms with E-state index in [-0.39, 0.29) is 35.8 Å². The van der Waals surface area contributed by atoms with Crippen molar-refractivity contribution in [2.75, 3.05) is 13.1 Å². The normalized spacial score (nSPS) is 18.5. The highest BCUT2D eigenvalue weighted by Crippen LogP contribution is 2.28. The van der Waals surface area contributed by atoms with Crippen LogP contribution in [0.5, 0.6) is 5.75 Å². The van der Waals surface area contributed by atoms with Crippen molar-refractivity contribution in [2.45, 2.75) is 31.0 Å². The number of sulfonamides is 1. The van der Waals surface area contributed by atoms with E-state index in [1.165, 1.54) is 39.9 Å². The van der Waals surface area contributed by atoms with Gasteiger partial charge in [0.1, 0.15) is 16.8 Å². The maximum atomic E-state index is 13.0. The molecule has 198 valence electrons. The molecule has 0 amide bonds. The molecule has 3 aromatic carbocycles. The molecule has 0 spiro atoms. The van der Waals surface area contributed by atoms with Gasteiger partial charge in [-0.05, 0) is 74.0 Å². The Kier molecular flexibility index (Phi) is 7.59. The molecule has 4 aromatic rings. The number of allylic oxidation sites excluding steroid dienone is 1. The number of carbonyl (C=O) groups excluding carboxylic acids is 1. The number of hydrogen-bond donors (Lipinski definition) is 0. The number of esters is 1. The third-order valence-corrected chi connectivity index (χ3v) is 9.08. The van der Waals surface area contributed by atoms with Crippen molar-refractivity contribution in [3.05, 3.63) is 88.9 Å². The Hall–Kier alpha value is -3.88. The average Bonchev–Trinajstić information content (AvgIpc) is 3.36. The molecule has 0 saturated carbocycles. The van der Waals surface area contributed by atoms with E-state index in [1.807, 2.05) is 38.1 Å². The number of carbonyl (C=O) groups is 1. The van der Waals surface area contributed by atoms with Crippen molar-refractivity contribution in [3.8, 4) is 11.8 Å².